The molecular weight excluding hydrogens is 266 g/mol. The van der Waals surface area contributed by atoms with Gasteiger partial charge in [0.25, 0.3) is 0 Å². The van der Waals surface area contributed by atoms with Crippen LogP contribution in [0.5, 0.6) is 0 Å². The molecule has 20 heavy (non-hydrogen) atoms. The Balaban J connectivity index is 1.79. The fourth-order valence-electron chi connectivity index (χ4n) is 2.43. The van der Waals surface area contributed by atoms with Gasteiger partial charge in [0.1, 0.15) is 0 Å². The van der Waals surface area contributed by atoms with Crippen molar-refractivity contribution < 1.29 is 0 Å². The van der Waals surface area contributed by atoms with Crippen molar-refractivity contribution in [3.63, 3.8) is 0 Å². The number of hydrogen-bond acceptors (Lipinski definition) is 4. The van der Waals surface area contributed by atoms with Crippen LogP contribution in [0.15, 0.2) is 49.0 Å². The number of nitrogens with two attached hydrogens (primary N) is 1. The molecule has 0 aromatic heterocycles. The molecule has 0 aliphatic carbocycles. The number of anilines is 2. The normalized spacial score (nSPS) is 14.1. The van der Waals surface area contributed by atoms with Gasteiger partial charge in [-0.2, -0.15) is 0 Å². The van der Waals surface area contributed by atoms with Crippen molar-refractivity contribution in [2.24, 2.45) is 0 Å². The molecule has 0 unspecified atom stereocenters. The van der Waals surface area contributed by atoms with E-state index in [4.69, 9.17) is 5.73 Å². The molecule has 2 aromatic rings. The van der Waals surface area contributed by atoms with Gasteiger partial charge in [-0.15, -0.1) is 0 Å². The molecule has 0 amide bonds. The van der Waals surface area contributed by atoms with Gasteiger partial charge in [-0.1, -0.05) is 37.6 Å². The summed E-state index contributed by atoms with van der Waals surface area (Å²) in [7, 11) is 0. The number of nitrogens with one attached hydrogen (secondary N) is 1. The molecule has 1 heterocycles. The lowest BCUT2D eigenvalue weighted by molar-refractivity contribution is 0.516. The fourth-order valence-corrected chi connectivity index (χ4v) is 2.73. The van der Waals surface area contributed by atoms with Gasteiger partial charge in [-0.25, -0.2) is 4.31 Å². The summed E-state index contributed by atoms with van der Waals surface area (Å²) in [6.45, 7) is 5.85. The first-order valence-electron chi connectivity index (χ1n) is 6.49. The van der Waals surface area contributed by atoms with Crippen molar-refractivity contribution in [1.29, 1.82) is 0 Å². The lowest BCUT2D eigenvalue weighted by Crippen LogP contribution is -1.99. The molecule has 2 aromatic carbocycles. The Morgan fingerprint density at radius 1 is 1.15 bits per heavy atom. The molecule has 1 aliphatic rings. The molecule has 3 rings (SSSR count). The maximum atomic E-state index is 5.80. The summed E-state index contributed by atoms with van der Waals surface area (Å²) in [5, 5.41) is 3.34. The standard InChI is InChI=1S/C16H17N3S/c1-11(12-3-2-4-15(17)7-12)18-16-6-5-13-9-19(20)10-14(13)8-16/h2-8,18,20H,1,9-10,17H2. The topological polar surface area (TPSA) is 41.3 Å². The Bertz CT molecular complexity index is 667. The van der Waals surface area contributed by atoms with Gasteiger partial charge >= 0.3 is 0 Å². The molecular formula is C16H17N3S. The lowest BCUT2D eigenvalue weighted by atomic mass is 10.1. The van der Waals surface area contributed by atoms with Crippen molar-refractivity contribution in [2.45, 2.75) is 13.1 Å². The third-order valence-corrected chi connectivity index (χ3v) is 3.73. The van der Waals surface area contributed by atoms with Crippen LogP contribution >= 0.6 is 12.8 Å². The number of hydrogen-bond donors (Lipinski definition) is 3. The minimum atomic E-state index is 0.741. The molecule has 0 saturated heterocycles. The monoisotopic (exact) mass is 283 g/mol. The van der Waals surface area contributed by atoms with E-state index in [2.05, 4.69) is 42.9 Å². The van der Waals surface area contributed by atoms with Gasteiger partial charge in [0.05, 0.1) is 0 Å². The lowest BCUT2D eigenvalue weighted by Gasteiger charge is -2.11. The van der Waals surface area contributed by atoms with Crippen molar-refractivity contribution in [1.82, 2.24) is 4.31 Å². The van der Waals surface area contributed by atoms with Crippen LogP contribution in [-0.4, -0.2) is 4.31 Å². The highest BCUT2D eigenvalue weighted by Gasteiger charge is 2.16. The summed E-state index contributed by atoms with van der Waals surface area (Å²) < 4.78 is 2.00. The Hall–Kier alpha value is -1.91. The van der Waals surface area contributed by atoms with E-state index >= 15 is 0 Å². The number of nitrogens with zero attached hydrogens (tertiary/aromatic N) is 1. The predicted molar refractivity (Wildman–Crippen MR) is 88.2 cm³/mol. The number of nitrogen functional groups attached to an aromatic ring is 1. The second-order valence-corrected chi connectivity index (χ2v) is 5.60. The van der Waals surface area contributed by atoms with Gasteiger partial charge in [0, 0.05) is 30.2 Å². The van der Waals surface area contributed by atoms with Crippen molar-refractivity contribution in [3.8, 4) is 0 Å². The first-order valence-corrected chi connectivity index (χ1v) is 6.89. The zero-order valence-corrected chi connectivity index (χ0v) is 12.0. The second kappa shape index (κ2) is 5.23. The van der Waals surface area contributed by atoms with Crippen LogP contribution in [0.3, 0.4) is 0 Å². The molecule has 0 fully saturated rings. The van der Waals surface area contributed by atoms with E-state index in [0.29, 0.717) is 0 Å². The first-order chi connectivity index (χ1) is 9.61. The highest BCUT2D eigenvalue weighted by molar-refractivity contribution is 7.77. The molecule has 1 aliphatic heterocycles. The minimum Gasteiger partial charge on any atom is -0.399 e. The SMILES string of the molecule is C=C(Nc1ccc2c(c1)CN(S)C2)c1cccc(N)c1. The average molecular weight is 283 g/mol. The Morgan fingerprint density at radius 3 is 2.75 bits per heavy atom. The molecule has 0 spiro atoms. The molecule has 102 valence electrons. The summed E-state index contributed by atoms with van der Waals surface area (Å²) in [4.78, 5) is 0. The molecule has 3 nitrogen and oxygen atoms in total. The van der Waals surface area contributed by atoms with Crippen LogP contribution in [-0.2, 0) is 13.1 Å². The van der Waals surface area contributed by atoms with E-state index in [0.717, 1.165) is 35.7 Å². The number of thiol groups is 1. The summed E-state index contributed by atoms with van der Waals surface area (Å²) in [6, 6.07) is 14.1. The largest absolute Gasteiger partial charge is 0.399 e. The summed E-state index contributed by atoms with van der Waals surface area (Å²) in [6.07, 6.45) is 0. The van der Waals surface area contributed by atoms with E-state index < -0.39 is 0 Å². The van der Waals surface area contributed by atoms with Crippen LogP contribution in [0.25, 0.3) is 5.70 Å². The molecule has 0 atom stereocenters. The highest BCUT2D eigenvalue weighted by Crippen LogP contribution is 2.28. The maximum Gasteiger partial charge on any atom is 0.0387 e. The van der Waals surface area contributed by atoms with E-state index in [9.17, 15) is 0 Å². The summed E-state index contributed by atoms with van der Waals surface area (Å²) >= 11 is 4.39. The van der Waals surface area contributed by atoms with Crippen LogP contribution in [0.4, 0.5) is 11.4 Å². The summed E-state index contributed by atoms with van der Waals surface area (Å²) in [5.74, 6) is 0. The molecule has 0 radical (unpaired) electrons. The number of benzene rings is 2. The average Bonchev–Trinajstić information content (AvgIpc) is 2.78. The zero-order valence-electron chi connectivity index (χ0n) is 11.1. The van der Waals surface area contributed by atoms with Gasteiger partial charge in [0.15, 0.2) is 0 Å². The predicted octanol–water partition coefficient (Wildman–Crippen LogP) is 3.51. The van der Waals surface area contributed by atoms with Gasteiger partial charge in [-0.3, -0.25) is 0 Å². The molecule has 3 N–H and O–H groups in total. The minimum absolute atomic E-state index is 0.741. The Labute approximate surface area is 124 Å². The van der Waals surface area contributed by atoms with Crippen LogP contribution in [0.1, 0.15) is 16.7 Å². The Kier molecular flexibility index (Phi) is 3.42. The second-order valence-electron chi connectivity index (χ2n) is 5.04. The van der Waals surface area contributed by atoms with E-state index in [1.807, 2.05) is 28.6 Å². The third kappa shape index (κ3) is 2.66. The van der Waals surface area contributed by atoms with Crippen molar-refractivity contribution >= 4 is 29.9 Å². The van der Waals surface area contributed by atoms with Crippen LogP contribution in [0, 0.1) is 0 Å². The maximum absolute atomic E-state index is 5.80. The highest BCUT2D eigenvalue weighted by atomic mass is 32.1. The Morgan fingerprint density at radius 2 is 1.95 bits per heavy atom. The van der Waals surface area contributed by atoms with E-state index in [-0.39, 0.29) is 0 Å². The van der Waals surface area contributed by atoms with Crippen LogP contribution in [0.2, 0.25) is 0 Å². The smallest absolute Gasteiger partial charge is 0.0387 e. The van der Waals surface area contributed by atoms with E-state index in [1.165, 1.54) is 11.1 Å². The summed E-state index contributed by atoms with van der Waals surface area (Å²) in [5.41, 5.74) is 12.1. The molecule has 0 saturated carbocycles. The van der Waals surface area contributed by atoms with Gasteiger partial charge < -0.3 is 11.1 Å². The molecule has 0 bridgehead atoms. The van der Waals surface area contributed by atoms with Crippen LogP contribution < -0.4 is 11.1 Å². The number of rotatable bonds is 3. The van der Waals surface area contributed by atoms with Gasteiger partial charge in [-0.05, 0) is 41.0 Å². The third-order valence-electron chi connectivity index (χ3n) is 3.44. The van der Waals surface area contributed by atoms with E-state index in [1.54, 1.807) is 0 Å². The van der Waals surface area contributed by atoms with Crippen molar-refractivity contribution in [3.05, 3.63) is 65.7 Å². The zero-order chi connectivity index (χ0) is 14.1. The van der Waals surface area contributed by atoms with Gasteiger partial charge in [0.2, 0.25) is 0 Å². The van der Waals surface area contributed by atoms with Crippen molar-refractivity contribution in [2.75, 3.05) is 11.1 Å². The molecule has 4 heteroatoms. The fraction of sp³-hybridized carbons (Fsp3) is 0.125. The number of fused-ring (bicyclic) bond motifs is 1. The quantitative estimate of drug-likeness (QED) is 0.596. The first kappa shape index (κ1) is 13.1.